The van der Waals surface area contributed by atoms with Crippen molar-refractivity contribution in [1.29, 1.82) is 0 Å². The van der Waals surface area contributed by atoms with E-state index < -0.39 is 24.1 Å². The number of H-pyrrole nitrogens is 1. The molecule has 2 rings (SSSR count). The molecule has 1 atom stereocenters. The lowest BCUT2D eigenvalue weighted by Gasteiger charge is -2.19. The molecular formula is C19H24F3N3O4. The molecule has 0 aliphatic rings. The topological polar surface area (TPSA) is 92.5 Å². The molecule has 0 radical (unpaired) electrons. The summed E-state index contributed by atoms with van der Waals surface area (Å²) < 4.78 is 45.9. The second kappa shape index (κ2) is 9.64. The van der Waals surface area contributed by atoms with Crippen molar-refractivity contribution >= 4 is 22.7 Å². The van der Waals surface area contributed by atoms with E-state index in [2.05, 4.69) is 20.4 Å². The van der Waals surface area contributed by atoms with E-state index in [0.717, 1.165) is 12.1 Å². The number of amides is 2. The molecule has 0 bridgehead atoms. The Hall–Kier alpha value is -2.75. The summed E-state index contributed by atoms with van der Waals surface area (Å²) in [7, 11) is 1.51. The van der Waals surface area contributed by atoms with Gasteiger partial charge in [-0.05, 0) is 30.5 Å². The molecule has 29 heavy (non-hydrogen) atoms. The highest BCUT2D eigenvalue weighted by Gasteiger charge is 2.31. The zero-order valence-electron chi connectivity index (χ0n) is 16.4. The van der Waals surface area contributed by atoms with Crippen molar-refractivity contribution in [3.63, 3.8) is 0 Å². The van der Waals surface area contributed by atoms with Crippen LogP contribution in [0.15, 0.2) is 24.3 Å². The first-order chi connectivity index (χ1) is 13.6. The Labute approximate surface area is 165 Å². The van der Waals surface area contributed by atoms with Crippen LogP contribution in [0.5, 0.6) is 5.75 Å². The van der Waals surface area contributed by atoms with Crippen molar-refractivity contribution in [2.24, 2.45) is 5.92 Å². The number of aromatic nitrogens is 1. The molecular weight excluding hydrogens is 391 g/mol. The molecule has 0 spiro atoms. The lowest BCUT2D eigenvalue weighted by molar-refractivity contribution is -0.274. The molecule has 10 heteroatoms. The third-order valence-corrected chi connectivity index (χ3v) is 4.01. The van der Waals surface area contributed by atoms with Crippen LogP contribution in [0.1, 0.15) is 30.8 Å². The standard InChI is InChI=1S/C19H24F3N3O4/c1-11(2)8-15(17(26)23-6-7-28-3)25-18(27)16-9-12-4-5-13(10-14(12)24-16)29-19(20,21)22/h4-5,9-11,15,24H,6-8H2,1-3H3,(H,23,26)(H,25,27)/t15-/m0/s1. The number of hydrogen-bond donors (Lipinski definition) is 3. The smallest absolute Gasteiger partial charge is 0.406 e. The fourth-order valence-electron chi connectivity index (χ4n) is 2.76. The SMILES string of the molecule is COCCNC(=O)[C@H](CC(C)C)NC(=O)c1cc2ccc(OC(F)(F)F)cc2[nH]1. The molecule has 2 aromatic rings. The van der Waals surface area contributed by atoms with Gasteiger partial charge in [-0.15, -0.1) is 13.2 Å². The van der Waals surface area contributed by atoms with E-state index in [1.165, 1.54) is 19.2 Å². The van der Waals surface area contributed by atoms with E-state index in [-0.39, 0.29) is 17.5 Å². The van der Waals surface area contributed by atoms with Gasteiger partial charge in [0.15, 0.2) is 0 Å². The summed E-state index contributed by atoms with van der Waals surface area (Å²) in [6.45, 7) is 4.51. The number of nitrogens with one attached hydrogen (secondary N) is 3. The lowest BCUT2D eigenvalue weighted by Crippen LogP contribution is -2.48. The minimum Gasteiger partial charge on any atom is -0.406 e. The fourth-order valence-corrected chi connectivity index (χ4v) is 2.76. The highest BCUT2D eigenvalue weighted by Crippen LogP contribution is 2.26. The quantitative estimate of drug-likeness (QED) is 0.549. The average Bonchev–Trinajstić information content (AvgIpc) is 3.03. The monoisotopic (exact) mass is 415 g/mol. The average molecular weight is 415 g/mol. The van der Waals surface area contributed by atoms with E-state index >= 15 is 0 Å². The number of alkyl halides is 3. The Morgan fingerprint density at radius 1 is 1.21 bits per heavy atom. The fraction of sp³-hybridized carbons (Fsp3) is 0.474. The number of ether oxygens (including phenoxy) is 2. The Bertz CT molecular complexity index is 849. The molecule has 1 aromatic heterocycles. The van der Waals surface area contributed by atoms with Crippen LogP contribution >= 0.6 is 0 Å². The Morgan fingerprint density at radius 3 is 2.55 bits per heavy atom. The van der Waals surface area contributed by atoms with Gasteiger partial charge in [0.05, 0.1) is 6.61 Å². The summed E-state index contributed by atoms with van der Waals surface area (Å²) in [5.41, 5.74) is 0.435. The molecule has 3 N–H and O–H groups in total. The Morgan fingerprint density at radius 2 is 1.93 bits per heavy atom. The van der Waals surface area contributed by atoms with Gasteiger partial charge in [-0.25, -0.2) is 0 Å². The highest BCUT2D eigenvalue weighted by atomic mass is 19.4. The van der Waals surface area contributed by atoms with Crippen molar-refractivity contribution in [1.82, 2.24) is 15.6 Å². The van der Waals surface area contributed by atoms with Crippen LogP contribution in [0, 0.1) is 5.92 Å². The Kier molecular flexibility index (Phi) is 7.49. The summed E-state index contributed by atoms with van der Waals surface area (Å²) in [4.78, 5) is 27.7. The lowest BCUT2D eigenvalue weighted by atomic mass is 10.0. The second-order valence-electron chi connectivity index (χ2n) is 6.92. The van der Waals surface area contributed by atoms with Crippen molar-refractivity contribution in [2.75, 3.05) is 20.3 Å². The number of fused-ring (bicyclic) bond motifs is 1. The van der Waals surface area contributed by atoms with Crippen LogP contribution in [0.25, 0.3) is 10.9 Å². The first-order valence-corrected chi connectivity index (χ1v) is 9.05. The van der Waals surface area contributed by atoms with Gasteiger partial charge in [0.1, 0.15) is 17.5 Å². The molecule has 0 unspecified atom stereocenters. The number of halogens is 3. The Balaban J connectivity index is 2.13. The van der Waals surface area contributed by atoms with Crippen LogP contribution in [-0.2, 0) is 9.53 Å². The van der Waals surface area contributed by atoms with Crippen LogP contribution < -0.4 is 15.4 Å². The van der Waals surface area contributed by atoms with Crippen LogP contribution in [-0.4, -0.2) is 49.5 Å². The highest BCUT2D eigenvalue weighted by molar-refractivity contribution is 6.00. The van der Waals surface area contributed by atoms with E-state index in [0.29, 0.717) is 30.5 Å². The van der Waals surface area contributed by atoms with E-state index in [9.17, 15) is 22.8 Å². The van der Waals surface area contributed by atoms with Gasteiger partial charge in [0.2, 0.25) is 5.91 Å². The molecule has 160 valence electrons. The van der Waals surface area contributed by atoms with E-state index in [4.69, 9.17) is 4.74 Å². The molecule has 1 heterocycles. The minimum atomic E-state index is -4.80. The molecule has 1 aromatic carbocycles. The third-order valence-electron chi connectivity index (χ3n) is 4.01. The number of carbonyl (C=O) groups is 2. The van der Waals surface area contributed by atoms with Gasteiger partial charge < -0.3 is 25.1 Å². The minimum absolute atomic E-state index is 0.127. The molecule has 7 nitrogen and oxygen atoms in total. The number of benzene rings is 1. The van der Waals surface area contributed by atoms with Gasteiger partial charge in [-0.2, -0.15) is 0 Å². The summed E-state index contributed by atoms with van der Waals surface area (Å²) in [6, 6.07) is 4.47. The first-order valence-electron chi connectivity index (χ1n) is 9.05. The second-order valence-corrected chi connectivity index (χ2v) is 6.92. The number of hydrogen-bond acceptors (Lipinski definition) is 4. The normalized spacial score (nSPS) is 12.8. The van der Waals surface area contributed by atoms with Gasteiger partial charge in [0, 0.05) is 30.6 Å². The predicted molar refractivity (Wildman–Crippen MR) is 101 cm³/mol. The molecule has 0 saturated heterocycles. The maximum absolute atomic E-state index is 12.6. The molecule has 0 saturated carbocycles. The predicted octanol–water partition coefficient (Wildman–Crippen LogP) is 2.97. The summed E-state index contributed by atoms with van der Waals surface area (Å²) in [5.74, 6) is -1.11. The van der Waals surface area contributed by atoms with E-state index in [1.807, 2.05) is 13.8 Å². The van der Waals surface area contributed by atoms with Crippen molar-refractivity contribution in [2.45, 2.75) is 32.7 Å². The summed E-state index contributed by atoms with van der Waals surface area (Å²) >= 11 is 0. The number of rotatable bonds is 9. The molecule has 2 amide bonds. The zero-order valence-corrected chi connectivity index (χ0v) is 16.4. The maximum atomic E-state index is 12.6. The van der Waals surface area contributed by atoms with Gasteiger partial charge in [-0.3, -0.25) is 9.59 Å². The van der Waals surface area contributed by atoms with Crippen molar-refractivity contribution in [3.05, 3.63) is 30.0 Å². The van der Waals surface area contributed by atoms with Crippen LogP contribution in [0.4, 0.5) is 13.2 Å². The van der Waals surface area contributed by atoms with Crippen LogP contribution in [0.3, 0.4) is 0 Å². The summed E-state index contributed by atoms with van der Waals surface area (Å²) in [6.07, 6.45) is -4.38. The van der Waals surface area contributed by atoms with Gasteiger partial charge in [-0.1, -0.05) is 13.8 Å². The van der Waals surface area contributed by atoms with Gasteiger partial charge in [0.25, 0.3) is 5.91 Å². The zero-order chi connectivity index (χ0) is 21.6. The van der Waals surface area contributed by atoms with Crippen LogP contribution in [0.2, 0.25) is 0 Å². The van der Waals surface area contributed by atoms with E-state index in [1.54, 1.807) is 0 Å². The summed E-state index contributed by atoms with van der Waals surface area (Å²) in [5, 5.41) is 5.90. The van der Waals surface area contributed by atoms with Gasteiger partial charge >= 0.3 is 6.36 Å². The first kappa shape index (κ1) is 22.5. The maximum Gasteiger partial charge on any atom is 0.573 e. The van der Waals surface area contributed by atoms with Crippen molar-refractivity contribution < 1.29 is 32.2 Å². The number of carbonyl (C=O) groups excluding carboxylic acids is 2. The number of methoxy groups -OCH3 is 1. The molecule has 0 aliphatic heterocycles. The third kappa shape index (κ3) is 6.97. The number of aromatic amines is 1. The largest absolute Gasteiger partial charge is 0.573 e. The molecule has 0 aliphatic carbocycles. The van der Waals surface area contributed by atoms with Crippen molar-refractivity contribution in [3.8, 4) is 5.75 Å². The molecule has 0 fully saturated rings.